The average Bonchev–Trinajstić information content (AvgIpc) is 3.38. The number of ether oxygens (including phenoxy) is 2. The maximum Gasteiger partial charge on any atom is 0.252 e. The minimum Gasteiger partial charge on any atom is -0.484 e. The first kappa shape index (κ1) is 18.8. The van der Waals surface area contributed by atoms with E-state index in [0.717, 1.165) is 35.1 Å². The highest BCUT2D eigenvalue weighted by atomic mass is 35.5. The highest BCUT2D eigenvalue weighted by Gasteiger charge is 2.37. The number of hydrogen-bond acceptors (Lipinski definition) is 5. The molecule has 3 heterocycles. The molecule has 0 aliphatic carbocycles. The lowest BCUT2D eigenvalue weighted by Gasteiger charge is -2.21. The van der Waals surface area contributed by atoms with Crippen molar-refractivity contribution in [2.45, 2.75) is 45.4 Å². The fourth-order valence-electron chi connectivity index (χ4n) is 3.35. The molecule has 3 aromatic rings. The zero-order valence-electron chi connectivity index (χ0n) is 15.8. The molecule has 8 heteroatoms. The van der Waals surface area contributed by atoms with Crippen molar-refractivity contribution in [3.8, 4) is 5.75 Å². The maximum atomic E-state index is 12.4. The van der Waals surface area contributed by atoms with Crippen LogP contribution in [0.5, 0.6) is 5.75 Å². The van der Waals surface area contributed by atoms with Crippen molar-refractivity contribution in [2.75, 3.05) is 6.61 Å². The summed E-state index contributed by atoms with van der Waals surface area (Å²) in [5.41, 5.74) is 1.83. The Kier molecular flexibility index (Phi) is 5.03. The van der Waals surface area contributed by atoms with Crippen molar-refractivity contribution in [3.63, 3.8) is 0 Å². The molecular weight excluding hydrogens is 382 g/mol. The Hall–Kier alpha value is -2.51. The number of carbonyl (C=O) groups is 1. The number of rotatable bonds is 6. The van der Waals surface area contributed by atoms with Gasteiger partial charge in [-0.1, -0.05) is 16.8 Å². The van der Waals surface area contributed by atoms with Gasteiger partial charge in [0, 0.05) is 35.3 Å². The minimum absolute atomic E-state index is 0.0898. The SMILES string of the molecule is Cc1cc(COc2cc3[nH]c(CNC(=O)C4(C)CCCO4)cc3cc2Cl)on1. The van der Waals surface area contributed by atoms with E-state index in [1.807, 2.05) is 38.1 Å². The van der Waals surface area contributed by atoms with Gasteiger partial charge in [0.1, 0.15) is 18.0 Å². The molecule has 1 aromatic carbocycles. The van der Waals surface area contributed by atoms with Gasteiger partial charge in [-0.2, -0.15) is 0 Å². The highest BCUT2D eigenvalue weighted by molar-refractivity contribution is 6.32. The molecule has 1 aliphatic rings. The van der Waals surface area contributed by atoms with Gasteiger partial charge in [0.05, 0.1) is 17.3 Å². The Balaban J connectivity index is 1.44. The summed E-state index contributed by atoms with van der Waals surface area (Å²) in [4.78, 5) is 15.7. The predicted octanol–water partition coefficient (Wildman–Crippen LogP) is 3.88. The van der Waals surface area contributed by atoms with Crippen molar-refractivity contribution in [1.82, 2.24) is 15.5 Å². The number of amides is 1. The summed E-state index contributed by atoms with van der Waals surface area (Å²) in [5, 5.41) is 8.23. The lowest BCUT2D eigenvalue weighted by molar-refractivity contribution is -0.139. The Bertz CT molecular complexity index is 1000. The normalized spacial score (nSPS) is 19.2. The third-order valence-electron chi connectivity index (χ3n) is 4.91. The molecule has 1 fully saturated rings. The molecule has 1 amide bonds. The Morgan fingerprint density at radius 1 is 1.39 bits per heavy atom. The van der Waals surface area contributed by atoms with E-state index in [1.165, 1.54) is 0 Å². The monoisotopic (exact) mass is 403 g/mol. The fraction of sp³-hybridized carbons (Fsp3) is 0.400. The topological polar surface area (TPSA) is 89.4 Å². The first-order valence-corrected chi connectivity index (χ1v) is 9.59. The first-order valence-electron chi connectivity index (χ1n) is 9.21. The number of carbonyl (C=O) groups excluding carboxylic acids is 1. The molecule has 0 spiro atoms. The van der Waals surface area contributed by atoms with Gasteiger partial charge in [0.15, 0.2) is 5.76 Å². The van der Waals surface area contributed by atoms with E-state index in [2.05, 4.69) is 15.5 Å². The zero-order valence-corrected chi connectivity index (χ0v) is 16.6. The number of aromatic amines is 1. The standard InChI is InChI=1S/C20H22ClN3O4/c1-12-6-15(28-24-12)11-26-18-9-17-13(8-16(18)21)7-14(23-17)10-22-19(25)20(2)4-3-5-27-20/h6-9,23H,3-5,10-11H2,1-2H3,(H,22,25). The van der Waals surface area contributed by atoms with Crippen molar-refractivity contribution < 1.29 is 18.8 Å². The Morgan fingerprint density at radius 2 is 2.25 bits per heavy atom. The molecule has 1 aliphatic heterocycles. The third-order valence-corrected chi connectivity index (χ3v) is 5.21. The lowest BCUT2D eigenvalue weighted by Crippen LogP contribution is -2.43. The van der Waals surface area contributed by atoms with Crippen LogP contribution in [0.2, 0.25) is 5.02 Å². The molecule has 148 valence electrons. The quantitative estimate of drug-likeness (QED) is 0.651. The average molecular weight is 404 g/mol. The molecule has 1 atom stereocenters. The van der Waals surface area contributed by atoms with E-state index in [1.54, 1.807) is 0 Å². The second-order valence-electron chi connectivity index (χ2n) is 7.25. The summed E-state index contributed by atoms with van der Waals surface area (Å²) in [6.45, 7) is 4.95. The van der Waals surface area contributed by atoms with E-state index in [-0.39, 0.29) is 12.5 Å². The maximum absolute atomic E-state index is 12.4. The van der Waals surface area contributed by atoms with Crippen molar-refractivity contribution >= 4 is 28.4 Å². The largest absolute Gasteiger partial charge is 0.484 e. The highest BCUT2D eigenvalue weighted by Crippen LogP contribution is 2.31. The summed E-state index contributed by atoms with van der Waals surface area (Å²) in [6, 6.07) is 7.45. The van der Waals surface area contributed by atoms with Crippen LogP contribution < -0.4 is 10.1 Å². The van der Waals surface area contributed by atoms with Crippen molar-refractivity contribution in [3.05, 3.63) is 46.4 Å². The van der Waals surface area contributed by atoms with E-state index < -0.39 is 5.60 Å². The van der Waals surface area contributed by atoms with E-state index in [4.69, 9.17) is 25.6 Å². The van der Waals surface area contributed by atoms with E-state index in [0.29, 0.717) is 29.7 Å². The second-order valence-corrected chi connectivity index (χ2v) is 7.66. The molecule has 0 radical (unpaired) electrons. The van der Waals surface area contributed by atoms with Crippen LogP contribution in [0.3, 0.4) is 0 Å². The van der Waals surface area contributed by atoms with Gasteiger partial charge >= 0.3 is 0 Å². The summed E-state index contributed by atoms with van der Waals surface area (Å²) in [5.74, 6) is 1.09. The summed E-state index contributed by atoms with van der Waals surface area (Å²) >= 11 is 6.34. The van der Waals surface area contributed by atoms with Gasteiger partial charge < -0.3 is 24.3 Å². The summed E-state index contributed by atoms with van der Waals surface area (Å²) in [7, 11) is 0. The van der Waals surface area contributed by atoms with Crippen molar-refractivity contribution in [2.24, 2.45) is 0 Å². The number of fused-ring (bicyclic) bond motifs is 1. The molecule has 1 unspecified atom stereocenters. The van der Waals surface area contributed by atoms with Crippen LogP contribution in [0, 0.1) is 6.92 Å². The molecule has 2 N–H and O–H groups in total. The minimum atomic E-state index is -0.727. The van der Waals surface area contributed by atoms with Crippen LogP contribution in [0.25, 0.3) is 10.9 Å². The molecule has 4 rings (SSSR count). The first-order chi connectivity index (χ1) is 13.4. The van der Waals surface area contributed by atoms with Crippen LogP contribution in [0.4, 0.5) is 0 Å². The number of nitrogens with zero attached hydrogens (tertiary/aromatic N) is 1. The van der Waals surface area contributed by atoms with Gasteiger partial charge in [0.25, 0.3) is 5.91 Å². The van der Waals surface area contributed by atoms with Crippen molar-refractivity contribution in [1.29, 1.82) is 0 Å². The van der Waals surface area contributed by atoms with Gasteiger partial charge in [0.2, 0.25) is 0 Å². The van der Waals surface area contributed by atoms with Crippen LogP contribution in [0.15, 0.2) is 28.8 Å². The van der Waals surface area contributed by atoms with Crippen LogP contribution in [-0.4, -0.2) is 28.3 Å². The van der Waals surface area contributed by atoms with E-state index in [9.17, 15) is 4.79 Å². The van der Waals surface area contributed by atoms with E-state index >= 15 is 0 Å². The molecule has 7 nitrogen and oxygen atoms in total. The van der Waals surface area contributed by atoms with Crippen LogP contribution >= 0.6 is 11.6 Å². The molecule has 0 saturated carbocycles. The molecule has 28 heavy (non-hydrogen) atoms. The Morgan fingerprint density at radius 3 is 2.96 bits per heavy atom. The Labute approximate surface area is 167 Å². The number of hydrogen-bond donors (Lipinski definition) is 2. The predicted molar refractivity (Wildman–Crippen MR) is 104 cm³/mol. The zero-order chi connectivity index (χ0) is 19.7. The molecule has 2 aromatic heterocycles. The van der Waals surface area contributed by atoms with Crippen LogP contribution in [0.1, 0.15) is 36.9 Å². The number of aryl methyl sites for hydroxylation is 1. The third kappa shape index (κ3) is 3.86. The number of nitrogens with one attached hydrogen (secondary N) is 2. The van der Waals surface area contributed by atoms with Gasteiger partial charge in [-0.25, -0.2) is 0 Å². The van der Waals surface area contributed by atoms with Crippen LogP contribution in [-0.2, 0) is 22.7 Å². The number of benzene rings is 1. The van der Waals surface area contributed by atoms with Gasteiger partial charge in [-0.3, -0.25) is 4.79 Å². The summed E-state index contributed by atoms with van der Waals surface area (Å²) < 4.78 is 16.5. The van der Waals surface area contributed by atoms with Gasteiger partial charge in [-0.15, -0.1) is 0 Å². The number of aromatic nitrogens is 2. The molecule has 0 bridgehead atoms. The second kappa shape index (κ2) is 7.48. The smallest absolute Gasteiger partial charge is 0.252 e. The molecular formula is C20H22ClN3O4. The molecule has 1 saturated heterocycles. The summed E-state index contributed by atoms with van der Waals surface area (Å²) in [6.07, 6.45) is 1.65. The lowest BCUT2D eigenvalue weighted by atomic mass is 10.0. The van der Waals surface area contributed by atoms with Gasteiger partial charge in [-0.05, 0) is 38.8 Å². The fourth-order valence-corrected chi connectivity index (χ4v) is 3.58. The number of H-pyrrole nitrogens is 1. The number of halogens is 1.